The summed E-state index contributed by atoms with van der Waals surface area (Å²) in [5, 5.41) is 0. The third kappa shape index (κ3) is 3.48. The minimum absolute atomic E-state index is 0.333. The van der Waals surface area contributed by atoms with Gasteiger partial charge in [0.15, 0.2) is 0 Å². The van der Waals surface area contributed by atoms with E-state index in [4.69, 9.17) is 0 Å². The summed E-state index contributed by atoms with van der Waals surface area (Å²) in [6.07, 6.45) is 1.96. The Morgan fingerprint density at radius 3 is 2.38 bits per heavy atom. The first-order valence-corrected chi connectivity index (χ1v) is 8.32. The second-order valence-corrected chi connectivity index (χ2v) is 7.22. The molecule has 0 unspecified atom stereocenters. The summed E-state index contributed by atoms with van der Waals surface area (Å²) in [4.78, 5) is 0.333. The predicted octanol–water partition coefficient (Wildman–Crippen LogP) is 2.43. The molecule has 0 N–H and O–H groups in total. The third-order valence-corrected chi connectivity index (χ3v) is 5.12. The Morgan fingerprint density at radius 2 is 1.88 bits per heavy atom. The number of sulfonamides is 1. The van der Waals surface area contributed by atoms with E-state index >= 15 is 0 Å². The summed E-state index contributed by atoms with van der Waals surface area (Å²) < 4.78 is 26.4. The minimum Gasteiger partial charge on any atom is -0.207 e. The molecule has 0 bridgehead atoms. The van der Waals surface area contributed by atoms with Crippen LogP contribution in [0.4, 0.5) is 0 Å². The lowest BCUT2D eigenvalue weighted by Gasteiger charge is -2.16. The first-order valence-electron chi connectivity index (χ1n) is 4.69. The largest absolute Gasteiger partial charge is 0.242 e. The zero-order valence-electron chi connectivity index (χ0n) is 9.18. The van der Waals surface area contributed by atoms with E-state index in [0.29, 0.717) is 11.4 Å². The fraction of sp³-hybridized carbons (Fsp3) is 0.400. The van der Waals surface area contributed by atoms with E-state index < -0.39 is 10.0 Å². The quantitative estimate of drug-likeness (QED) is 0.835. The van der Waals surface area contributed by atoms with Crippen LogP contribution in [0.1, 0.15) is 0 Å². The summed E-state index contributed by atoms with van der Waals surface area (Å²) in [6.45, 7) is 0.527. The van der Waals surface area contributed by atoms with Crippen molar-refractivity contribution < 1.29 is 8.42 Å². The maximum Gasteiger partial charge on any atom is 0.242 e. The molecule has 0 fully saturated rings. The number of rotatable bonds is 5. The maximum atomic E-state index is 12.1. The topological polar surface area (TPSA) is 37.4 Å². The number of hydrogen-bond donors (Lipinski definition) is 0. The van der Waals surface area contributed by atoms with Crippen LogP contribution >= 0.6 is 27.7 Å². The van der Waals surface area contributed by atoms with Gasteiger partial charge in [-0.25, -0.2) is 12.7 Å². The van der Waals surface area contributed by atoms with Gasteiger partial charge in [-0.1, -0.05) is 15.9 Å². The average Bonchev–Trinajstić information content (AvgIpc) is 2.26. The molecule has 0 aliphatic carbocycles. The zero-order chi connectivity index (χ0) is 12.2. The molecule has 0 saturated heterocycles. The summed E-state index contributed by atoms with van der Waals surface area (Å²) in [5.41, 5.74) is 0. The fourth-order valence-corrected chi connectivity index (χ4v) is 3.13. The monoisotopic (exact) mass is 323 g/mol. The van der Waals surface area contributed by atoms with Gasteiger partial charge in [-0.15, -0.1) is 0 Å². The van der Waals surface area contributed by atoms with E-state index in [-0.39, 0.29) is 0 Å². The third-order valence-electron chi connectivity index (χ3n) is 2.13. The van der Waals surface area contributed by atoms with Crippen molar-refractivity contribution in [3.63, 3.8) is 0 Å². The van der Waals surface area contributed by atoms with Crippen molar-refractivity contribution in [2.24, 2.45) is 0 Å². The lowest BCUT2D eigenvalue weighted by Crippen LogP contribution is -2.29. The summed E-state index contributed by atoms with van der Waals surface area (Å²) in [6, 6.07) is 6.68. The Labute approximate surface area is 109 Å². The van der Waals surface area contributed by atoms with Crippen molar-refractivity contribution in [1.29, 1.82) is 0 Å². The molecular formula is C10H14BrNO2S2. The van der Waals surface area contributed by atoms with Gasteiger partial charge >= 0.3 is 0 Å². The van der Waals surface area contributed by atoms with Crippen LogP contribution in [0.5, 0.6) is 0 Å². The van der Waals surface area contributed by atoms with Crippen LogP contribution < -0.4 is 0 Å². The zero-order valence-corrected chi connectivity index (χ0v) is 12.4. The molecule has 0 saturated carbocycles. The lowest BCUT2D eigenvalue weighted by molar-refractivity contribution is 0.488. The van der Waals surface area contributed by atoms with Gasteiger partial charge in [-0.3, -0.25) is 0 Å². The van der Waals surface area contributed by atoms with Crippen LogP contribution in [0, 0.1) is 0 Å². The van der Waals surface area contributed by atoms with Crippen LogP contribution in [-0.4, -0.2) is 38.3 Å². The molecule has 3 nitrogen and oxygen atoms in total. The normalized spacial score (nSPS) is 12.0. The van der Waals surface area contributed by atoms with Gasteiger partial charge in [0, 0.05) is 23.8 Å². The Balaban J connectivity index is 2.89. The molecule has 0 aromatic heterocycles. The molecule has 0 amide bonds. The summed E-state index contributed by atoms with van der Waals surface area (Å²) in [5.74, 6) is 0.798. The van der Waals surface area contributed by atoms with E-state index in [1.165, 1.54) is 4.31 Å². The molecule has 0 heterocycles. The van der Waals surface area contributed by atoms with Crippen LogP contribution in [-0.2, 0) is 10.0 Å². The highest BCUT2D eigenvalue weighted by Crippen LogP contribution is 2.17. The first-order chi connectivity index (χ1) is 7.48. The number of thioether (sulfide) groups is 1. The number of hydrogen-bond acceptors (Lipinski definition) is 3. The fourth-order valence-electron chi connectivity index (χ4n) is 1.13. The summed E-state index contributed by atoms with van der Waals surface area (Å²) >= 11 is 4.91. The highest BCUT2D eigenvalue weighted by atomic mass is 79.9. The van der Waals surface area contributed by atoms with E-state index in [1.807, 2.05) is 6.26 Å². The highest BCUT2D eigenvalue weighted by Gasteiger charge is 2.19. The summed E-state index contributed by atoms with van der Waals surface area (Å²) in [7, 11) is -1.72. The van der Waals surface area contributed by atoms with Crippen molar-refractivity contribution in [2.75, 3.05) is 25.6 Å². The molecule has 6 heteroatoms. The van der Waals surface area contributed by atoms with Crippen LogP contribution in [0.3, 0.4) is 0 Å². The second kappa shape index (κ2) is 6.05. The van der Waals surface area contributed by atoms with E-state index in [0.717, 1.165) is 10.2 Å². The number of nitrogens with zero attached hydrogens (tertiary/aromatic N) is 1. The molecule has 0 spiro atoms. The molecule has 0 aliphatic rings. The first kappa shape index (κ1) is 14.0. The van der Waals surface area contributed by atoms with Gasteiger partial charge in [0.25, 0.3) is 0 Å². The van der Waals surface area contributed by atoms with Crippen LogP contribution in [0.15, 0.2) is 33.6 Å². The molecule has 0 radical (unpaired) electrons. The van der Waals surface area contributed by atoms with Crippen LogP contribution in [0.25, 0.3) is 0 Å². The van der Waals surface area contributed by atoms with Gasteiger partial charge in [-0.05, 0) is 30.5 Å². The van der Waals surface area contributed by atoms with Crippen molar-refractivity contribution >= 4 is 37.7 Å². The molecule has 90 valence electrons. The molecule has 0 aliphatic heterocycles. The minimum atomic E-state index is -3.33. The Kier molecular flexibility index (Phi) is 5.30. The maximum absolute atomic E-state index is 12.1. The second-order valence-electron chi connectivity index (χ2n) is 3.27. The molecule has 16 heavy (non-hydrogen) atoms. The Bertz CT molecular complexity index is 431. The van der Waals surface area contributed by atoms with Crippen LogP contribution in [0.2, 0.25) is 0 Å². The average molecular weight is 324 g/mol. The molecule has 1 aromatic carbocycles. The van der Waals surface area contributed by atoms with Crippen molar-refractivity contribution in [3.05, 3.63) is 28.7 Å². The smallest absolute Gasteiger partial charge is 0.207 e. The molecule has 0 atom stereocenters. The SMILES string of the molecule is CSCCN(C)S(=O)(=O)c1ccc(Br)cc1. The van der Waals surface area contributed by atoms with E-state index in [1.54, 1.807) is 43.1 Å². The van der Waals surface area contributed by atoms with Gasteiger partial charge in [0.05, 0.1) is 4.90 Å². The molecule has 1 rings (SSSR count). The van der Waals surface area contributed by atoms with Gasteiger partial charge in [0.1, 0.15) is 0 Å². The molecule has 1 aromatic rings. The van der Waals surface area contributed by atoms with Gasteiger partial charge in [0.2, 0.25) is 10.0 Å². The van der Waals surface area contributed by atoms with E-state index in [2.05, 4.69) is 15.9 Å². The van der Waals surface area contributed by atoms with Gasteiger partial charge in [-0.2, -0.15) is 11.8 Å². The number of benzene rings is 1. The van der Waals surface area contributed by atoms with Crippen molar-refractivity contribution in [1.82, 2.24) is 4.31 Å². The van der Waals surface area contributed by atoms with Gasteiger partial charge < -0.3 is 0 Å². The van der Waals surface area contributed by atoms with Crippen molar-refractivity contribution in [2.45, 2.75) is 4.90 Å². The molecular weight excluding hydrogens is 310 g/mol. The predicted molar refractivity (Wildman–Crippen MR) is 72.3 cm³/mol. The Morgan fingerprint density at radius 1 is 1.31 bits per heavy atom. The van der Waals surface area contributed by atoms with Crippen molar-refractivity contribution in [3.8, 4) is 0 Å². The standard InChI is InChI=1S/C10H14BrNO2S2/c1-12(7-8-15-2)16(13,14)10-5-3-9(11)4-6-10/h3-6H,7-8H2,1-2H3. The lowest BCUT2D eigenvalue weighted by atomic mass is 10.4. The Hall–Kier alpha value is -0.0400. The highest BCUT2D eigenvalue weighted by molar-refractivity contribution is 9.10. The number of halogens is 1. The van der Waals surface area contributed by atoms with E-state index in [9.17, 15) is 8.42 Å².